The maximum atomic E-state index is 12.0. The minimum absolute atomic E-state index is 0.144. The molecular formula is C10H12N4O4. The lowest BCUT2D eigenvalue weighted by Gasteiger charge is -2.07. The van der Waals surface area contributed by atoms with E-state index in [0.29, 0.717) is 6.29 Å². The Morgan fingerprint density at radius 1 is 1.44 bits per heavy atom. The summed E-state index contributed by atoms with van der Waals surface area (Å²) in [7, 11) is 2.84. The molecule has 0 spiro atoms. The summed E-state index contributed by atoms with van der Waals surface area (Å²) in [5.41, 5.74) is -0.609. The van der Waals surface area contributed by atoms with Crippen LogP contribution in [0.3, 0.4) is 0 Å². The number of carbonyl (C=O) groups is 1. The summed E-state index contributed by atoms with van der Waals surface area (Å²) in [6.45, 7) is -0.00151. The van der Waals surface area contributed by atoms with E-state index in [-0.39, 0.29) is 24.4 Å². The average Bonchev–Trinajstić information content (AvgIpc) is 2.76. The lowest BCUT2D eigenvalue weighted by atomic mass is 10.5. The first-order valence-electron chi connectivity index (χ1n) is 5.19. The van der Waals surface area contributed by atoms with Crippen LogP contribution in [0.25, 0.3) is 11.2 Å². The van der Waals surface area contributed by atoms with Gasteiger partial charge < -0.3 is 14.1 Å². The molecule has 0 atom stereocenters. The summed E-state index contributed by atoms with van der Waals surface area (Å²) in [5.74, 6) is 0. The van der Waals surface area contributed by atoms with Gasteiger partial charge in [0.15, 0.2) is 11.2 Å². The Hall–Kier alpha value is -2.22. The molecule has 0 N–H and O–H groups in total. The highest BCUT2D eigenvalue weighted by Crippen LogP contribution is 2.05. The van der Waals surface area contributed by atoms with Crippen molar-refractivity contribution in [3.8, 4) is 0 Å². The first kappa shape index (κ1) is 12.2. The highest BCUT2D eigenvalue weighted by molar-refractivity contribution is 5.71. The van der Waals surface area contributed by atoms with Crippen molar-refractivity contribution in [2.24, 2.45) is 7.05 Å². The van der Waals surface area contributed by atoms with Crippen LogP contribution in [0.15, 0.2) is 15.9 Å². The van der Waals surface area contributed by atoms with Crippen molar-refractivity contribution < 1.29 is 9.53 Å². The van der Waals surface area contributed by atoms with Crippen molar-refractivity contribution in [3.05, 3.63) is 27.2 Å². The average molecular weight is 252 g/mol. The third-order valence-corrected chi connectivity index (χ3v) is 2.62. The van der Waals surface area contributed by atoms with Crippen LogP contribution < -0.4 is 11.2 Å². The number of imidazole rings is 1. The molecule has 0 radical (unpaired) electrons. The second-order valence-electron chi connectivity index (χ2n) is 3.73. The van der Waals surface area contributed by atoms with Crippen molar-refractivity contribution in [1.82, 2.24) is 18.7 Å². The zero-order chi connectivity index (χ0) is 13.3. The second-order valence-corrected chi connectivity index (χ2v) is 3.73. The Kier molecular flexibility index (Phi) is 3.11. The van der Waals surface area contributed by atoms with E-state index in [9.17, 15) is 14.4 Å². The molecule has 0 amide bonds. The van der Waals surface area contributed by atoms with Crippen LogP contribution in [-0.2, 0) is 29.9 Å². The zero-order valence-electron chi connectivity index (χ0n) is 9.99. The van der Waals surface area contributed by atoms with E-state index >= 15 is 0 Å². The van der Waals surface area contributed by atoms with Crippen molar-refractivity contribution in [2.75, 3.05) is 7.11 Å². The van der Waals surface area contributed by atoms with Gasteiger partial charge in [-0.3, -0.25) is 13.9 Å². The molecule has 96 valence electrons. The Bertz CT molecular complexity index is 709. The minimum Gasteiger partial charge on any atom is -0.364 e. The molecular weight excluding hydrogens is 240 g/mol. The van der Waals surface area contributed by atoms with Crippen LogP contribution in [0.4, 0.5) is 0 Å². The van der Waals surface area contributed by atoms with Crippen molar-refractivity contribution in [2.45, 2.75) is 13.3 Å². The third kappa shape index (κ3) is 1.66. The molecule has 0 aliphatic rings. The second kappa shape index (κ2) is 4.57. The lowest BCUT2D eigenvalue weighted by Crippen LogP contribution is -2.39. The summed E-state index contributed by atoms with van der Waals surface area (Å²) < 4.78 is 8.51. The van der Waals surface area contributed by atoms with Crippen LogP contribution in [-0.4, -0.2) is 32.1 Å². The van der Waals surface area contributed by atoms with Gasteiger partial charge in [0.1, 0.15) is 13.0 Å². The first-order valence-corrected chi connectivity index (χ1v) is 5.19. The number of ether oxygens (including phenoxy) is 1. The largest absolute Gasteiger partial charge is 0.364 e. The Morgan fingerprint density at radius 3 is 2.78 bits per heavy atom. The van der Waals surface area contributed by atoms with E-state index in [1.165, 1.54) is 25.1 Å². The Labute approximate surface area is 101 Å². The number of fused-ring (bicyclic) bond motifs is 1. The lowest BCUT2D eigenvalue weighted by molar-refractivity contribution is -0.108. The summed E-state index contributed by atoms with van der Waals surface area (Å²) in [6.07, 6.45) is 1.98. The summed E-state index contributed by atoms with van der Waals surface area (Å²) in [5, 5.41) is 0. The van der Waals surface area contributed by atoms with Gasteiger partial charge in [-0.25, -0.2) is 9.78 Å². The van der Waals surface area contributed by atoms with Crippen molar-refractivity contribution in [1.29, 1.82) is 0 Å². The SMILES string of the molecule is COCn1cnc2c1c(=O)n(C)c(=O)n2CC=O. The molecule has 0 saturated carbocycles. The smallest absolute Gasteiger partial charge is 0.332 e. The van der Waals surface area contributed by atoms with Gasteiger partial charge in [0.05, 0.1) is 12.9 Å². The molecule has 0 unspecified atom stereocenters. The quantitative estimate of drug-likeness (QED) is 0.631. The topological polar surface area (TPSA) is 88.1 Å². The Morgan fingerprint density at radius 2 is 2.17 bits per heavy atom. The van der Waals surface area contributed by atoms with Gasteiger partial charge in [-0.2, -0.15) is 0 Å². The van der Waals surface area contributed by atoms with E-state index in [2.05, 4.69) is 4.98 Å². The van der Waals surface area contributed by atoms with Crippen molar-refractivity contribution in [3.63, 3.8) is 0 Å². The molecule has 8 nitrogen and oxygen atoms in total. The molecule has 2 aromatic rings. The number of carbonyl (C=O) groups excluding carboxylic acids is 1. The fourth-order valence-corrected chi connectivity index (χ4v) is 1.78. The maximum Gasteiger partial charge on any atom is 0.332 e. The van der Waals surface area contributed by atoms with E-state index in [4.69, 9.17) is 4.74 Å². The van der Waals surface area contributed by atoms with Crippen LogP contribution >= 0.6 is 0 Å². The van der Waals surface area contributed by atoms with Gasteiger partial charge in [-0.1, -0.05) is 0 Å². The van der Waals surface area contributed by atoms with E-state index < -0.39 is 11.2 Å². The normalized spacial score (nSPS) is 11.0. The number of hydrogen-bond acceptors (Lipinski definition) is 5. The molecule has 0 bridgehead atoms. The zero-order valence-corrected chi connectivity index (χ0v) is 9.99. The Balaban J connectivity index is 2.90. The molecule has 0 aliphatic carbocycles. The molecule has 2 aromatic heterocycles. The van der Waals surface area contributed by atoms with Gasteiger partial charge in [0.25, 0.3) is 5.56 Å². The number of hydrogen-bond donors (Lipinski definition) is 0. The predicted molar refractivity (Wildman–Crippen MR) is 62.3 cm³/mol. The van der Waals surface area contributed by atoms with Gasteiger partial charge in [0.2, 0.25) is 0 Å². The van der Waals surface area contributed by atoms with Crippen molar-refractivity contribution >= 4 is 17.5 Å². The van der Waals surface area contributed by atoms with E-state index in [1.54, 1.807) is 0 Å². The van der Waals surface area contributed by atoms with Crippen LogP contribution in [0.2, 0.25) is 0 Å². The molecule has 0 saturated heterocycles. The number of aldehydes is 1. The highest BCUT2D eigenvalue weighted by atomic mass is 16.5. The third-order valence-electron chi connectivity index (χ3n) is 2.62. The summed E-state index contributed by atoms with van der Waals surface area (Å²) in [6, 6.07) is 0. The number of nitrogens with zero attached hydrogens (tertiary/aromatic N) is 4. The molecule has 0 aliphatic heterocycles. The van der Waals surface area contributed by atoms with Crippen LogP contribution in [0.5, 0.6) is 0 Å². The number of methoxy groups -OCH3 is 1. The van der Waals surface area contributed by atoms with E-state index in [0.717, 1.165) is 9.13 Å². The molecule has 18 heavy (non-hydrogen) atoms. The maximum absolute atomic E-state index is 12.0. The summed E-state index contributed by atoms with van der Waals surface area (Å²) >= 11 is 0. The van der Waals surface area contributed by atoms with E-state index in [1.807, 2.05) is 0 Å². The standard InChI is InChI=1S/C10H12N4O4/c1-12-9(16)7-8(11-5-13(7)6-18-2)14(3-4-15)10(12)17/h4-5H,3,6H2,1-2H3. The molecule has 0 fully saturated rings. The number of aromatic nitrogens is 4. The molecule has 2 heterocycles. The van der Waals surface area contributed by atoms with Gasteiger partial charge >= 0.3 is 5.69 Å². The van der Waals surface area contributed by atoms with Crippen LogP contribution in [0, 0.1) is 0 Å². The van der Waals surface area contributed by atoms with Gasteiger partial charge in [-0.15, -0.1) is 0 Å². The first-order chi connectivity index (χ1) is 8.61. The monoisotopic (exact) mass is 252 g/mol. The summed E-state index contributed by atoms with van der Waals surface area (Å²) in [4.78, 5) is 38.4. The van der Waals surface area contributed by atoms with Gasteiger partial charge in [-0.05, 0) is 0 Å². The van der Waals surface area contributed by atoms with Crippen LogP contribution in [0.1, 0.15) is 0 Å². The molecule has 8 heteroatoms. The predicted octanol–water partition coefficient (Wildman–Crippen LogP) is -1.30. The minimum atomic E-state index is -0.567. The fourth-order valence-electron chi connectivity index (χ4n) is 1.78. The van der Waals surface area contributed by atoms with Gasteiger partial charge in [0, 0.05) is 14.2 Å². The molecule has 2 rings (SSSR count). The number of rotatable bonds is 4. The fraction of sp³-hybridized carbons (Fsp3) is 0.400. The molecule has 0 aromatic carbocycles. The highest BCUT2D eigenvalue weighted by Gasteiger charge is 2.15.